The van der Waals surface area contributed by atoms with Crippen molar-refractivity contribution >= 4 is 5.82 Å². The maximum Gasteiger partial charge on any atom is 0.163 e. The Balaban J connectivity index is 2.94. The number of nitrogens with zero attached hydrogens (tertiary/aromatic N) is 2. The van der Waals surface area contributed by atoms with Crippen LogP contribution in [0.25, 0.3) is 0 Å². The number of nitrogens with two attached hydrogens (primary N) is 2. The molecule has 0 bridgehead atoms. The number of aromatic nitrogens is 2. The third-order valence-electron chi connectivity index (χ3n) is 1.51. The quantitative estimate of drug-likeness (QED) is 0.562. The molecule has 1 heterocycles. The number of aromatic amines is 1. The molecule has 0 fully saturated rings. The third-order valence-corrected chi connectivity index (χ3v) is 1.51. The minimum Gasteiger partial charge on any atom is -0.381 e. The second-order valence-corrected chi connectivity index (χ2v) is 2.76. The zero-order valence-electron chi connectivity index (χ0n) is 6.83. The molecule has 1 unspecified atom stereocenters. The van der Waals surface area contributed by atoms with E-state index in [2.05, 4.69) is 10.2 Å². The monoisotopic (exact) mass is 165 g/mol. The van der Waals surface area contributed by atoms with Gasteiger partial charge >= 0.3 is 0 Å². The van der Waals surface area contributed by atoms with Crippen LogP contribution in [-0.2, 0) is 6.42 Å². The molecule has 0 aliphatic rings. The summed E-state index contributed by atoms with van der Waals surface area (Å²) in [6.07, 6.45) is 0.590. The van der Waals surface area contributed by atoms with Crippen molar-refractivity contribution in [3.05, 3.63) is 11.3 Å². The van der Waals surface area contributed by atoms with Gasteiger partial charge in [-0.1, -0.05) is 0 Å². The van der Waals surface area contributed by atoms with Gasteiger partial charge in [0, 0.05) is 12.5 Å². The summed E-state index contributed by atoms with van der Waals surface area (Å²) >= 11 is 0. The van der Waals surface area contributed by atoms with Crippen LogP contribution in [0.2, 0.25) is 0 Å². The predicted molar refractivity (Wildman–Crippen MR) is 45.1 cm³/mol. The number of nitriles is 1. The molecule has 0 aliphatic carbocycles. The molecule has 1 rings (SSSR count). The van der Waals surface area contributed by atoms with Crippen LogP contribution in [0.5, 0.6) is 0 Å². The van der Waals surface area contributed by atoms with Crippen LogP contribution < -0.4 is 11.5 Å². The van der Waals surface area contributed by atoms with Gasteiger partial charge in [-0.15, -0.1) is 0 Å². The maximum absolute atomic E-state index is 8.67. The van der Waals surface area contributed by atoms with Gasteiger partial charge in [0.2, 0.25) is 0 Å². The Morgan fingerprint density at radius 1 is 1.75 bits per heavy atom. The molecule has 5 N–H and O–H groups in total. The zero-order chi connectivity index (χ0) is 9.14. The van der Waals surface area contributed by atoms with E-state index in [0.29, 0.717) is 17.7 Å². The van der Waals surface area contributed by atoms with E-state index in [-0.39, 0.29) is 11.9 Å². The first-order valence-corrected chi connectivity index (χ1v) is 3.63. The van der Waals surface area contributed by atoms with Crippen LogP contribution in [0.4, 0.5) is 5.82 Å². The van der Waals surface area contributed by atoms with Gasteiger partial charge in [-0.25, -0.2) is 0 Å². The van der Waals surface area contributed by atoms with Crippen LogP contribution in [0, 0.1) is 11.3 Å². The number of nitrogens with one attached hydrogen (secondary N) is 1. The first-order chi connectivity index (χ1) is 5.65. The Morgan fingerprint density at radius 3 is 2.92 bits per heavy atom. The van der Waals surface area contributed by atoms with Gasteiger partial charge in [0.1, 0.15) is 11.6 Å². The molecule has 1 atom stereocenters. The van der Waals surface area contributed by atoms with Crippen LogP contribution >= 0.6 is 0 Å². The minimum atomic E-state index is -0.00282. The number of rotatable bonds is 2. The van der Waals surface area contributed by atoms with Crippen molar-refractivity contribution in [2.75, 3.05) is 5.73 Å². The fraction of sp³-hybridized carbons (Fsp3) is 0.429. The van der Waals surface area contributed by atoms with Crippen molar-refractivity contribution < 1.29 is 0 Å². The Hall–Kier alpha value is -1.54. The van der Waals surface area contributed by atoms with E-state index in [1.54, 1.807) is 0 Å². The highest BCUT2D eigenvalue weighted by Crippen LogP contribution is 2.12. The number of nitrogen functional groups attached to an aromatic ring is 1. The lowest BCUT2D eigenvalue weighted by Crippen LogP contribution is -2.18. The Morgan fingerprint density at radius 2 is 2.42 bits per heavy atom. The standard InChI is InChI=1S/C7H11N5/c1-4(9)2-6-5(3-8)7(10)12-11-6/h4H,2,9H2,1H3,(H3,10,11,12). The van der Waals surface area contributed by atoms with Crippen molar-refractivity contribution in [3.8, 4) is 6.07 Å². The highest BCUT2D eigenvalue weighted by molar-refractivity contribution is 5.50. The maximum atomic E-state index is 8.67. The normalized spacial score (nSPS) is 12.4. The van der Waals surface area contributed by atoms with Gasteiger partial charge in [0.15, 0.2) is 5.82 Å². The van der Waals surface area contributed by atoms with Gasteiger partial charge in [-0.05, 0) is 6.92 Å². The van der Waals surface area contributed by atoms with Crippen molar-refractivity contribution in [2.24, 2.45) is 5.73 Å². The molecule has 5 heteroatoms. The minimum absolute atomic E-state index is 0.00282. The highest BCUT2D eigenvalue weighted by atomic mass is 15.2. The lowest BCUT2D eigenvalue weighted by Gasteiger charge is -2.01. The zero-order valence-corrected chi connectivity index (χ0v) is 6.83. The summed E-state index contributed by atoms with van der Waals surface area (Å²) in [6.45, 7) is 1.86. The lowest BCUT2D eigenvalue weighted by molar-refractivity contribution is 0.718. The van der Waals surface area contributed by atoms with Gasteiger partial charge in [0.05, 0.1) is 5.69 Å². The average Bonchev–Trinajstić information content (AvgIpc) is 2.30. The van der Waals surface area contributed by atoms with Gasteiger partial charge < -0.3 is 11.5 Å². The van der Waals surface area contributed by atoms with E-state index < -0.39 is 0 Å². The van der Waals surface area contributed by atoms with Crippen molar-refractivity contribution in [2.45, 2.75) is 19.4 Å². The molecule has 1 aromatic rings. The van der Waals surface area contributed by atoms with Crippen LogP contribution in [0.1, 0.15) is 18.2 Å². The van der Waals surface area contributed by atoms with Gasteiger partial charge in [0.25, 0.3) is 0 Å². The van der Waals surface area contributed by atoms with Gasteiger partial charge in [-0.2, -0.15) is 10.4 Å². The number of anilines is 1. The van der Waals surface area contributed by atoms with E-state index >= 15 is 0 Å². The number of hydrogen-bond acceptors (Lipinski definition) is 4. The molecule has 5 nitrogen and oxygen atoms in total. The summed E-state index contributed by atoms with van der Waals surface area (Å²) in [5, 5.41) is 15.1. The largest absolute Gasteiger partial charge is 0.381 e. The topological polar surface area (TPSA) is 105 Å². The van der Waals surface area contributed by atoms with E-state index in [1.165, 1.54) is 0 Å². The summed E-state index contributed by atoms with van der Waals surface area (Å²) in [5.74, 6) is 0.244. The Kier molecular flexibility index (Phi) is 2.31. The fourth-order valence-corrected chi connectivity index (χ4v) is 0.989. The van der Waals surface area contributed by atoms with Crippen LogP contribution in [-0.4, -0.2) is 16.2 Å². The average molecular weight is 165 g/mol. The second kappa shape index (κ2) is 3.24. The first kappa shape index (κ1) is 8.56. The molecule has 0 amide bonds. The Labute approximate surface area is 70.4 Å². The van der Waals surface area contributed by atoms with Crippen LogP contribution in [0.3, 0.4) is 0 Å². The molecule has 0 aromatic carbocycles. The SMILES string of the molecule is CC(N)Cc1[nH]nc(N)c1C#N. The van der Waals surface area contributed by atoms with E-state index in [9.17, 15) is 0 Å². The van der Waals surface area contributed by atoms with Crippen molar-refractivity contribution in [1.29, 1.82) is 5.26 Å². The molecule has 0 spiro atoms. The lowest BCUT2D eigenvalue weighted by atomic mass is 10.1. The van der Waals surface area contributed by atoms with E-state index in [0.717, 1.165) is 0 Å². The summed E-state index contributed by atoms with van der Waals surface area (Å²) in [7, 11) is 0. The van der Waals surface area contributed by atoms with E-state index in [4.69, 9.17) is 16.7 Å². The van der Waals surface area contributed by atoms with E-state index in [1.807, 2.05) is 13.0 Å². The molecule has 0 saturated heterocycles. The smallest absolute Gasteiger partial charge is 0.163 e. The van der Waals surface area contributed by atoms with Crippen molar-refractivity contribution in [1.82, 2.24) is 10.2 Å². The summed E-state index contributed by atoms with van der Waals surface area (Å²) < 4.78 is 0. The first-order valence-electron chi connectivity index (χ1n) is 3.63. The number of hydrogen-bond donors (Lipinski definition) is 3. The van der Waals surface area contributed by atoms with Crippen LogP contribution in [0.15, 0.2) is 0 Å². The second-order valence-electron chi connectivity index (χ2n) is 2.76. The molecule has 12 heavy (non-hydrogen) atoms. The highest BCUT2D eigenvalue weighted by Gasteiger charge is 2.10. The molecule has 0 aliphatic heterocycles. The summed E-state index contributed by atoms with van der Waals surface area (Å²) in [5.41, 5.74) is 12.1. The molecular weight excluding hydrogens is 154 g/mol. The third kappa shape index (κ3) is 1.54. The molecular formula is C7H11N5. The number of H-pyrrole nitrogens is 1. The predicted octanol–water partition coefficient (Wildman–Crippen LogP) is -0.247. The molecule has 1 aromatic heterocycles. The van der Waals surface area contributed by atoms with Crippen molar-refractivity contribution in [3.63, 3.8) is 0 Å². The fourth-order valence-electron chi connectivity index (χ4n) is 0.989. The van der Waals surface area contributed by atoms with Gasteiger partial charge in [-0.3, -0.25) is 5.10 Å². The molecule has 64 valence electrons. The molecule has 0 radical (unpaired) electrons. The molecule has 0 saturated carbocycles. The summed E-state index contributed by atoms with van der Waals surface area (Å²) in [6, 6.07) is 1.97. The summed E-state index contributed by atoms with van der Waals surface area (Å²) in [4.78, 5) is 0. The Bertz CT molecular complexity index is 306.